The number of carbonyl (C=O) groups is 1. The van der Waals surface area contributed by atoms with Crippen molar-refractivity contribution in [2.75, 3.05) is 6.61 Å². The predicted molar refractivity (Wildman–Crippen MR) is 82.1 cm³/mol. The van der Waals surface area contributed by atoms with Crippen LogP contribution in [-0.2, 0) is 0 Å². The highest BCUT2D eigenvalue weighted by Crippen LogP contribution is 2.25. The number of nitrogens with one attached hydrogen (secondary N) is 1. The van der Waals surface area contributed by atoms with E-state index < -0.39 is 0 Å². The van der Waals surface area contributed by atoms with Crippen molar-refractivity contribution in [3.05, 3.63) is 32.7 Å². The first kappa shape index (κ1) is 15.0. The van der Waals surface area contributed by atoms with Crippen molar-refractivity contribution < 1.29 is 9.90 Å². The van der Waals surface area contributed by atoms with Crippen LogP contribution in [0.25, 0.3) is 0 Å². The molecule has 0 heterocycles. The zero-order valence-corrected chi connectivity index (χ0v) is 13.7. The number of aliphatic hydroxyl groups excluding tert-OH is 1. The summed E-state index contributed by atoms with van der Waals surface area (Å²) in [7, 11) is 0. The van der Waals surface area contributed by atoms with Gasteiger partial charge in [0.1, 0.15) is 0 Å². The zero-order chi connectivity index (χ0) is 13.8. The number of hydrogen-bond acceptors (Lipinski definition) is 2. The van der Waals surface area contributed by atoms with Crippen LogP contribution in [-0.4, -0.2) is 23.7 Å². The molecule has 3 nitrogen and oxygen atoms in total. The Morgan fingerprint density at radius 3 is 2.84 bits per heavy atom. The van der Waals surface area contributed by atoms with Gasteiger partial charge in [-0.15, -0.1) is 0 Å². The van der Waals surface area contributed by atoms with E-state index in [0.717, 1.165) is 34.6 Å². The molecular weight excluding hydrogens is 374 g/mol. The van der Waals surface area contributed by atoms with Gasteiger partial charge >= 0.3 is 0 Å². The van der Waals surface area contributed by atoms with Gasteiger partial charge in [-0.1, -0.05) is 22.4 Å². The lowest BCUT2D eigenvalue weighted by molar-refractivity contribution is 0.0905. The van der Waals surface area contributed by atoms with E-state index in [9.17, 15) is 9.90 Å². The molecule has 19 heavy (non-hydrogen) atoms. The molecule has 2 unspecified atom stereocenters. The molecule has 2 atom stereocenters. The summed E-state index contributed by atoms with van der Waals surface area (Å²) < 4.78 is 1.72. The highest BCUT2D eigenvalue weighted by molar-refractivity contribution is 9.11. The zero-order valence-electron chi connectivity index (χ0n) is 10.5. The topological polar surface area (TPSA) is 49.3 Å². The van der Waals surface area contributed by atoms with Gasteiger partial charge in [0.15, 0.2) is 0 Å². The van der Waals surface area contributed by atoms with Gasteiger partial charge < -0.3 is 10.4 Å². The van der Waals surface area contributed by atoms with E-state index in [2.05, 4.69) is 37.2 Å². The Morgan fingerprint density at radius 1 is 1.37 bits per heavy atom. The molecule has 0 aliphatic heterocycles. The van der Waals surface area contributed by atoms with E-state index in [-0.39, 0.29) is 18.6 Å². The lowest BCUT2D eigenvalue weighted by atomic mass is 9.86. The number of halogens is 2. The molecule has 1 amide bonds. The van der Waals surface area contributed by atoms with Crippen LogP contribution in [0, 0.1) is 5.92 Å². The minimum atomic E-state index is -0.0528. The normalized spacial score (nSPS) is 23.1. The fraction of sp³-hybridized carbons (Fsp3) is 0.500. The molecule has 0 aromatic heterocycles. The summed E-state index contributed by atoms with van der Waals surface area (Å²) in [6, 6.07) is 5.70. The minimum absolute atomic E-state index is 0.0528. The van der Waals surface area contributed by atoms with Gasteiger partial charge in [0, 0.05) is 21.6 Å². The van der Waals surface area contributed by atoms with Crippen LogP contribution >= 0.6 is 31.9 Å². The fourth-order valence-electron chi connectivity index (χ4n) is 2.52. The minimum Gasteiger partial charge on any atom is -0.396 e. The van der Waals surface area contributed by atoms with E-state index >= 15 is 0 Å². The van der Waals surface area contributed by atoms with E-state index in [1.54, 1.807) is 6.07 Å². The van der Waals surface area contributed by atoms with Crippen molar-refractivity contribution >= 4 is 37.8 Å². The van der Waals surface area contributed by atoms with Crippen molar-refractivity contribution in [1.29, 1.82) is 0 Å². The second-order valence-corrected chi connectivity index (χ2v) is 6.78. The van der Waals surface area contributed by atoms with Gasteiger partial charge in [-0.2, -0.15) is 0 Å². The standard InChI is InChI=1S/C14H17Br2NO2/c15-10-4-5-12(13(16)7-10)14(19)17-11-3-1-2-9(6-11)8-18/h4-5,7,9,11,18H,1-3,6,8H2,(H,17,19). The molecule has 0 bridgehead atoms. The van der Waals surface area contributed by atoms with Crippen LogP contribution in [0.1, 0.15) is 36.0 Å². The van der Waals surface area contributed by atoms with Crippen molar-refractivity contribution in [2.24, 2.45) is 5.92 Å². The summed E-state index contributed by atoms with van der Waals surface area (Å²) in [4.78, 5) is 12.2. The lowest BCUT2D eigenvalue weighted by Crippen LogP contribution is -2.39. The van der Waals surface area contributed by atoms with Gasteiger partial charge in [-0.25, -0.2) is 0 Å². The maximum Gasteiger partial charge on any atom is 0.252 e. The molecule has 1 aliphatic rings. The number of amides is 1. The molecule has 1 fully saturated rings. The molecule has 104 valence electrons. The van der Waals surface area contributed by atoms with Crippen LogP contribution in [0.2, 0.25) is 0 Å². The number of rotatable bonds is 3. The van der Waals surface area contributed by atoms with Gasteiger partial charge in [0.05, 0.1) is 5.56 Å². The Hall–Kier alpha value is -0.390. The second kappa shape index (κ2) is 6.86. The third kappa shape index (κ3) is 4.04. The van der Waals surface area contributed by atoms with E-state index in [0.29, 0.717) is 11.5 Å². The Morgan fingerprint density at radius 2 is 2.16 bits per heavy atom. The molecule has 2 N–H and O–H groups in total. The Kier molecular flexibility index (Phi) is 5.42. The van der Waals surface area contributed by atoms with Crippen LogP contribution in [0.5, 0.6) is 0 Å². The van der Waals surface area contributed by atoms with E-state index in [1.165, 1.54) is 0 Å². The molecular formula is C14H17Br2NO2. The predicted octanol–water partition coefficient (Wildman–Crippen LogP) is 3.49. The summed E-state index contributed by atoms with van der Waals surface area (Å²) in [5, 5.41) is 12.3. The number of benzene rings is 1. The summed E-state index contributed by atoms with van der Waals surface area (Å²) >= 11 is 6.78. The van der Waals surface area contributed by atoms with Crippen molar-refractivity contribution in [1.82, 2.24) is 5.32 Å². The lowest BCUT2D eigenvalue weighted by Gasteiger charge is -2.28. The fourth-order valence-corrected chi connectivity index (χ4v) is 3.75. The molecule has 0 radical (unpaired) electrons. The third-order valence-electron chi connectivity index (χ3n) is 3.55. The highest BCUT2D eigenvalue weighted by atomic mass is 79.9. The largest absolute Gasteiger partial charge is 0.396 e. The van der Waals surface area contributed by atoms with Crippen molar-refractivity contribution in [3.63, 3.8) is 0 Å². The quantitative estimate of drug-likeness (QED) is 0.829. The average molecular weight is 391 g/mol. The Labute approximate surface area is 130 Å². The average Bonchev–Trinajstić information content (AvgIpc) is 2.38. The third-order valence-corrected chi connectivity index (χ3v) is 4.70. The Bertz CT molecular complexity index is 465. The van der Waals surface area contributed by atoms with Crippen molar-refractivity contribution in [3.8, 4) is 0 Å². The van der Waals surface area contributed by atoms with Gasteiger partial charge in [-0.3, -0.25) is 4.79 Å². The van der Waals surface area contributed by atoms with Crippen LogP contribution in [0.4, 0.5) is 0 Å². The molecule has 5 heteroatoms. The first-order valence-corrected chi connectivity index (χ1v) is 8.05. The number of hydrogen-bond donors (Lipinski definition) is 2. The molecule has 2 rings (SSSR count). The van der Waals surface area contributed by atoms with Gasteiger partial charge in [-0.05, 0) is 59.3 Å². The first-order chi connectivity index (χ1) is 9.10. The van der Waals surface area contributed by atoms with E-state index in [4.69, 9.17) is 0 Å². The first-order valence-electron chi connectivity index (χ1n) is 6.47. The number of carbonyl (C=O) groups excluding carboxylic acids is 1. The van der Waals surface area contributed by atoms with Gasteiger partial charge in [0.2, 0.25) is 0 Å². The summed E-state index contributed by atoms with van der Waals surface area (Å²) in [6.45, 7) is 0.217. The number of aliphatic hydroxyl groups is 1. The molecule has 1 aliphatic carbocycles. The molecule has 1 aromatic carbocycles. The second-order valence-electron chi connectivity index (χ2n) is 5.01. The van der Waals surface area contributed by atoms with Gasteiger partial charge in [0.25, 0.3) is 5.91 Å². The molecule has 1 aromatic rings. The smallest absolute Gasteiger partial charge is 0.252 e. The van der Waals surface area contributed by atoms with Crippen LogP contribution < -0.4 is 5.32 Å². The molecule has 0 spiro atoms. The summed E-state index contributed by atoms with van der Waals surface area (Å²) in [6.07, 6.45) is 4.00. The monoisotopic (exact) mass is 389 g/mol. The SMILES string of the molecule is O=C(NC1CCCC(CO)C1)c1ccc(Br)cc1Br. The maximum absolute atomic E-state index is 12.2. The highest BCUT2D eigenvalue weighted by Gasteiger charge is 2.23. The van der Waals surface area contributed by atoms with Crippen molar-refractivity contribution in [2.45, 2.75) is 31.7 Å². The maximum atomic E-state index is 12.2. The van der Waals surface area contributed by atoms with Crippen LogP contribution in [0.15, 0.2) is 27.1 Å². The van der Waals surface area contributed by atoms with E-state index in [1.807, 2.05) is 12.1 Å². The summed E-state index contributed by atoms with van der Waals surface area (Å²) in [5.74, 6) is 0.273. The van der Waals surface area contributed by atoms with Crippen LogP contribution in [0.3, 0.4) is 0 Å². The molecule has 1 saturated carbocycles. The summed E-state index contributed by atoms with van der Waals surface area (Å²) in [5.41, 5.74) is 0.648. The Balaban J connectivity index is 2.00. The molecule has 0 saturated heterocycles.